The van der Waals surface area contributed by atoms with Crippen LogP contribution in [0.5, 0.6) is 11.5 Å². The van der Waals surface area contributed by atoms with Gasteiger partial charge in [-0.1, -0.05) is 48.5 Å². The van der Waals surface area contributed by atoms with Gasteiger partial charge in [-0.25, -0.2) is 4.79 Å². The lowest BCUT2D eigenvalue weighted by molar-refractivity contribution is -0.0747. The van der Waals surface area contributed by atoms with Crippen molar-refractivity contribution in [2.45, 2.75) is 37.3 Å². The lowest BCUT2D eigenvalue weighted by Gasteiger charge is -2.47. The predicted molar refractivity (Wildman–Crippen MR) is 144 cm³/mol. The Bertz CT molecular complexity index is 1360. The molecule has 4 aliphatic rings. The smallest absolute Gasteiger partial charge is 0.410 e. The van der Waals surface area contributed by atoms with Gasteiger partial charge in [0.2, 0.25) is 0 Å². The Morgan fingerprint density at radius 2 is 1.46 bits per heavy atom. The number of carbonyl (C=O) groups excluding carboxylic acids is 2. The Hall–Kier alpha value is -3.84. The number of morpholine rings is 1. The molecular formula is C32H31NO6. The molecule has 39 heavy (non-hydrogen) atoms. The average Bonchev–Trinajstić information content (AvgIpc) is 3.10. The van der Waals surface area contributed by atoms with E-state index in [1.807, 2.05) is 41.3 Å². The molecule has 1 amide bonds. The minimum atomic E-state index is -0.323. The lowest BCUT2D eigenvalue weighted by atomic mass is 9.81. The molecule has 3 aromatic carbocycles. The van der Waals surface area contributed by atoms with Crippen LogP contribution >= 0.6 is 0 Å². The van der Waals surface area contributed by atoms with Crippen molar-refractivity contribution in [2.24, 2.45) is 5.92 Å². The van der Waals surface area contributed by atoms with E-state index < -0.39 is 0 Å². The highest BCUT2D eigenvalue weighted by Crippen LogP contribution is 2.45. The highest BCUT2D eigenvalue weighted by atomic mass is 16.6. The van der Waals surface area contributed by atoms with Gasteiger partial charge in [0, 0.05) is 23.8 Å². The van der Waals surface area contributed by atoms with Gasteiger partial charge in [-0.15, -0.1) is 0 Å². The maximum absolute atomic E-state index is 13.5. The Kier molecular flexibility index (Phi) is 6.24. The highest BCUT2D eigenvalue weighted by molar-refractivity contribution is 5.98. The lowest BCUT2D eigenvalue weighted by Crippen LogP contribution is -2.60. The van der Waals surface area contributed by atoms with Crippen molar-refractivity contribution >= 4 is 11.9 Å². The summed E-state index contributed by atoms with van der Waals surface area (Å²) in [5, 5.41) is 0. The first-order valence-electron chi connectivity index (χ1n) is 13.8. The summed E-state index contributed by atoms with van der Waals surface area (Å²) in [6, 6.07) is 21.7. The number of fused-ring (bicyclic) bond motifs is 6. The molecule has 0 radical (unpaired) electrons. The van der Waals surface area contributed by atoms with Crippen molar-refractivity contribution < 1.29 is 28.5 Å². The molecule has 1 aliphatic carbocycles. The van der Waals surface area contributed by atoms with Crippen LogP contribution < -0.4 is 9.47 Å². The number of nitrogens with zero attached hydrogens (tertiary/aromatic N) is 1. The van der Waals surface area contributed by atoms with E-state index in [0.29, 0.717) is 56.3 Å². The molecule has 7 heteroatoms. The van der Waals surface area contributed by atoms with E-state index in [2.05, 4.69) is 24.3 Å². The number of ketones is 1. The summed E-state index contributed by atoms with van der Waals surface area (Å²) in [7, 11) is 0. The number of amides is 1. The summed E-state index contributed by atoms with van der Waals surface area (Å²) in [5.74, 6) is 1.20. The zero-order chi connectivity index (χ0) is 26.3. The van der Waals surface area contributed by atoms with Gasteiger partial charge < -0.3 is 18.9 Å². The molecule has 0 aromatic heterocycles. The van der Waals surface area contributed by atoms with E-state index in [1.165, 1.54) is 22.3 Å². The van der Waals surface area contributed by atoms with Crippen molar-refractivity contribution in [3.8, 4) is 22.6 Å². The fraction of sp³-hybridized carbons (Fsp3) is 0.375. The number of hydrogen-bond donors (Lipinski definition) is 0. The molecule has 3 aliphatic heterocycles. The van der Waals surface area contributed by atoms with Gasteiger partial charge in [0.15, 0.2) is 17.3 Å². The van der Waals surface area contributed by atoms with Gasteiger partial charge in [0.05, 0.1) is 38.5 Å². The summed E-state index contributed by atoms with van der Waals surface area (Å²) in [6.45, 7) is 2.28. The van der Waals surface area contributed by atoms with Crippen LogP contribution in [0.15, 0.2) is 66.7 Å². The molecule has 7 nitrogen and oxygen atoms in total. The Balaban J connectivity index is 1.05. The first-order chi connectivity index (χ1) is 19.2. The third-order valence-electron chi connectivity index (χ3n) is 8.47. The van der Waals surface area contributed by atoms with Gasteiger partial charge in [-0.3, -0.25) is 9.69 Å². The summed E-state index contributed by atoms with van der Waals surface area (Å²) >= 11 is 0. The third kappa shape index (κ3) is 4.35. The SMILES string of the molecule is O=C(c1ccc2c(c1)OCCCO2)C1CC2COCC(C1)N2C(=O)OCC1c2ccccc2-c2ccccc21. The van der Waals surface area contributed by atoms with E-state index >= 15 is 0 Å². The summed E-state index contributed by atoms with van der Waals surface area (Å²) in [5.41, 5.74) is 5.41. The largest absolute Gasteiger partial charge is 0.490 e. The first kappa shape index (κ1) is 24.2. The van der Waals surface area contributed by atoms with Crippen molar-refractivity contribution in [3.05, 3.63) is 83.4 Å². The summed E-state index contributed by atoms with van der Waals surface area (Å²) < 4.78 is 23.3. The number of ether oxygens (including phenoxy) is 4. The van der Waals surface area contributed by atoms with Gasteiger partial charge in [-0.2, -0.15) is 0 Å². The summed E-state index contributed by atoms with van der Waals surface area (Å²) in [4.78, 5) is 28.8. The number of Topliss-reactive ketones (excluding diaryl/α,β-unsaturated/α-hetero) is 1. The molecule has 2 fully saturated rings. The standard InChI is InChI=1S/C32H31NO6/c34-31(20-10-11-29-30(16-20)38-13-5-12-37-29)21-14-22-17-36-18-23(15-21)33(22)32(35)39-19-28-26-8-3-1-6-24(26)25-7-2-4-9-27(25)28/h1-4,6-11,16,21-23,28H,5,12-15,17-19H2. The van der Waals surface area contributed by atoms with E-state index in [-0.39, 0.29) is 42.4 Å². The van der Waals surface area contributed by atoms with Crippen LogP contribution in [0.1, 0.15) is 46.7 Å². The van der Waals surface area contributed by atoms with Crippen molar-refractivity contribution in [1.82, 2.24) is 4.90 Å². The third-order valence-corrected chi connectivity index (χ3v) is 8.47. The zero-order valence-electron chi connectivity index (χ0n) is 21.7. The van der Waals surface area contributed by atoms with Crippen LogP contribution in [0.3, 0.4) is 0 Å². The molecule has 0 saturated carbocycles. The predicted octanol–water partition coefficient (Wildman–Crippen LogP) is 5.46. The van der Waals surface area contributed by atoms with Gasteiger partial charge in [0.1, 0.15) is 6.61 Å². The number of hydrogen-bond acceptors (Lipinski definition) is 6. The highest BCUT2D eigenvalue weighted by Gasteiger charge is 2.45. The van der Waals surface area contributed by atoms with E-state index in [0.717, 1.165) is 6.42 Å². The van der Waals surface area contributed by atoms with E-state index in [9.17, 15) is 9.59 Å². The number of piperidine rings is 1. The monoisotopic (exact) mass is 525 g/mol. The maximum atomic E-state index is 13.5. The van der Waals surface area contributed by atoms with Crippen molar-refractivity contribution in [2.75, 3.05) is 33.0 Å². The van der Waals surface area contributed by atoms with Crippen molar-refractivity contribution in [3.63, 3.8) is 0 Å². The second kappa shape index (κ2) is 10.0. The second-order valence-electron chi connectivity index (χ2n) is 10.8. The van der Waals surface area contributed by atoms with E-state index in [1.54, 1.807) is 6.07 Å². The minimum Gasteiger partial charge on any atom is -0.490 e. The van der Waals surface area contributed by atoms with Crippen molar-refractivity contribution in [1.29, 1.82) is 0 Å². The van der Waals surface area contributed by atoms with Crippen LogP contribution in [-0.4, -0.2) is 61.9 Å². The molecule has 0 N–H and O–H groups in total. The molecular weight excluding hydrogens is 494 g/mol. The van der Waals surface area contributed by atoms with Gasteiger partial charge >= 0.3 is 6.09 Å². The van der Waals surface area contributed by atoms with Gasteiger partial charge in [-0.05, 0) is 53.3 Å². The fourth-order valence-electron chi connectivity index (χ4n) is 6.65. The number of carbonyl (C=O) groups is 2. The maximum Gasteiger partial charge on any atom is 0.410 e. The topological polar surface area (TPSA) is 74.3 Å². The zero-order valence-corrected chi connectivity index (χ0v) is 21.7. The molecule has 7 rings (SSSR count). The molecule has 3 aromatic rings. The molecule has 3 heterocycles. The Labute approximate surface area is 227 Å². The Morgan fingerprint density at radius 1 is 0.821 bits per heavy atom. The van der Waals surface area contributed by atoms with Gasteiger partial charge in [0.25, 0.3) is 0 Å². The molecule has 2 saturated heterocycles. The number of rotatable bonds is 4. The molecule has 0 spiro atoms. The first-order valence-corrected chi connectivity index (χ1v) is 13.8. The van der Waals surface area contributed by atoms with Crippen LogP contribution in [-0.2, 0) is 9.47 Å². The Morgan fingerprint density at radius 3 is 2.15 bits per heavy atom. The minimum absolute atomic E-state index is 0.0102. The van der Waals surface area contributed by atoms with Crippen LogP contribution in [0.2, 0.25) is 0 Å². The van der Waals surface area contributed by atoms with E-state index in [4.69, 9.17) is 18.9 Å². The second-order valence-corrected chi connectivity index (χ2v) is 10.8. The van der Waals surface area contributed by atoms with Crippen LogP contribution in [0, 0.1) is 5.92 Å². The molecule has 2 unspecified atom stereocenters. The van der Waals surface area contributed by atoms with Crippen LogP contribution in [0.25, 0.3) is 11.1 Å². The fourth-order valence-corrected chi connectivity index (χ4v) is 6.65. The molecule has 2 bridgehead atoms. The summed E-state index contributed by atoms with van der Waals surface area (Å²) in [6.07, 6.45) is 1.59. The average molecular weight is 526 g/mol. The normalized spacial score (nSPS) is 23.4. The number of benzene rings is 3. The van der Waals surface area contributed by atoms with Crippen LogP contribution in [0.4, 0.5) is 4.79 Å². The molecule has 200 valence electrons. The molecule has 2 atom stereocenters. The quantitative estimate of drug-likeness (QED) is 0.421.